The maximum Gasteiger partial charge on any atom is 0.297 e. The first kappa shape index (κ1) is 21.4. The molecular weight excluding hydrogens is 438 g/mol. The summed E-state index contributed by atoms with van der Waals surface area (Å²) < 4.78 is 7.06. The molecule has 0 radical (unpaired) electrons. The van der Waals surface area contributed by atoms with Gasteiger partial charge in [0.2, 0.25) is 5.16 Å². The first-order valence-electron chi connectivity index (χ1n) is 10.9. The minimum Gasteiger partial charge on any atom is -0.345 e. The molecule has 1 aliphatic rings. The zero-order valence-corrected chi connectivity index (χ0v) is 19.8. The van der Waals surface area contributed by atoms with E-state index in [2.05, 4.69) is 20.1 Å². The monoisotopic (exact) mass is 463 g/mol. The zero-order valence-electron chi connectivity index (χ0n) is 19.0. The van der Waals surface area contributed by atoms with Crippen molar-refractivity contribution in [2.75, 3.05) is 5.75 Å². The largest absolute Gasteiger partial charge is 0.345 e. The van der Waals surface area contributed by atoms with Crippen LogP contribution >= 0.6 is 11.8 Å². The van der Waals surface area contributed by atoms with Crippen molar-refractivity contribution in [3.63, 3.8) is 0 Å². The summed E-state index contributed by atoms with van der Waals surface area (Å²) >= 11 is 1.24. The van der Waals surface area contributed by atoms with Gasteiger partial charge >= 0.3 is 0 Å². The molecule has 33 heavy (non-hydrogen) atoms. The minimum absolute atomic E-state index is 0.0287. The molecule has 0 aliphatic heterocycles. The molecule has 1 aromatic carbocycles. The van der Waals surface area contributed by atoms with Gasteiger partial charge in [0.1, 0.15) is 0 Å². The number of para-hydroxylation sites is 1. The van der Waals surface area contributed by atoms with Crippen LogP contribution in [0.2, 0.25) is 0 Å². The predicted octanol–water partition coefficient (Wildman–Crippen LogP) is 3.19. The van der Waals surface area contributed by atoms with Crippen LogP contribution in [0, 0.1) is 20.8 Å². The van der Waals surface area contributed by atoms with E-state index < -0.39 is 0 Å². The molecule has 1 aliphatic carbocycles. The number of ketones is 1. The lowest BCUT2D eigenvalue weighted by molar-refractivity contribution is 0.102. The summed E-state index contributed by atoms with van der Waals surface area (Å²) in [5.74, 6) is 0.217. The van der Waals surface area contributed by atoms with Gasteiger partial charge in [-0.2, -0.15) is 4.68 Å². The second-order valence-corrected chi connectivity index (χ2v) is 9.32. The van der Waals surface area contributed by atoms with Gasteiger partial charge in [0, 0.05) is 30.0 Å². The molecule has 0 N–H and O–H groups in total. The van der Waals surface area contributed by atoms with Crippen molar-refractivity contribution < 1.29 is 4.79 Å². The van der Waals surface area contributed by atoms with E-state index in [0.717, 1.165) is 28.3 Å². The molecule has 5 rings (SSSR count). The SMILES string of the molecule is Cc1cc(C(=O)CSc2nnnn2-c2c(C)n(C)n(-c3ccccc3)c2=O)c(C)n1C1CC1. The van der Waals surface area contributed by atoms with E-state index in [4.69, 9.17) is 0 Å². The Kier molecular flexibility index (Phi) is 5.32. The van der Waals surface area contributed by atoms with Gasteiger partial charge in [-0.15, -0.1) is 5.10 Å². The molecule has 3 heterocycles. The first-order chi connectivity index (χ1) is 15.9. The molecular formula is C23H25N7O2S. The number of hydrogen-bond acceptors (Lipinski definition) is 6. The Morgan fingerprint density at radius 2 is 1.85 bits per heavy atom. The number of Topliss-reactive ketones (excluding diaryl/α,β-unsaturated/α-hetero) is 1. The van der Waals surface area contributed by atoms with Crippen molar-refractivity contribution in [1.82, 2.24) is 34.1 Å². The van der Waals surface area contributed by atoms with E-state index in [9.17, 15) is 9.59 Å². The van der Waals surface area contributed by atoms with Gasteiger partial charge in [-0.25, -0.2) is 4.68 Å². The highest BCUT2D eigenvalue weighted by Gasteiger charge is 2.29. The van der Waals surface area contributed by atoms with E-state index in [-0.39, 0.29) is 17.1 Å². The fourth-order valence-electron chi connectivity index (χ4n) is 4.37. The Balaban J connectivity index is 1.43. The quantitative estimate of drug-likeness (QED) is 0.309. The average molecular weight is 464 g/mol. The molecule has 1 saturated carbocycles. The molecule has 3 aromatic heterocycles. The number of aromatic nitrogens is 7. The summed E-state index contributed by atoms with van der Waals surface area (Å²) in [7, 11) is 1.82. The summed E-state index contributed by atoms with van der Waals surface area (Å²) in [5, 5.41) is 12.3. The standard InChI is InChI=1S/C23H25N7O2S/c1-14-12-19(15(2)28(14)17-10-11-17)20(31)13-33-23-24-25-26-29(23)21-16(3)27(4)30(22(21)32)18-8-6-5-7-9-18/h5-9,12,17H,10-11,13H2,1-4H3. The van der Waals surface area contributed by atoms with Gasteiger partial charge in [-0.05, 0) is 62.2 Å². The molecule has 0 spiro atoms. The van der Waals surface area contributed by atoms with Crippen LogP contribution in [0.3, 0.4) is 0 Å². The summed E-state index contributed by atoms with van der Waals surface area (Å²) in [4.78, 5) is 26.3. The van der Waals surface area contributed by atoms with Crippen molar-refractivity contribution in [2.45, 2.75) is 44.8 Å². The van der Waals surface area contributed by atoms with Crippen molar-refractivity contribution in [2.24, 2.45) is 7.05 Å². The Morgan fingerprint density at radius 1 is 1.12 bits per heavy atom. The maximum atomic E-state index is 13.3. The highest BCUT2D eigenvalue weighted by molar-refractivity contribution is 7.99. The summed E-state index contributed by atoms with van der Waals surface area (Å²) in [6, 6.07) is 11.9. The van der Waals surface area contributed by atoms with Crippen LogP contribution in [0.15, 0.2) is 46.3 Å². The second kappa shape index (κ2) is 8.18. The predicted molar refractivity (Wildman–Crippen MR) is 126 cm³/mol. The molecule has 4 aromatic rings. The Bertz CT molecular complexity index is 1410. The number of benzene rings is 1. The fourth-order valence-corrected chi connectivity index (χ4v) is 5.13. The van der Waals surface area contributed by atoms with Gasteiger partial charge in [-0.1, -0.05) is 30.0 Å². The van der Waals surface area contributed by atoms with Crippen molar-refractivity contribution in [1.29, 1.82) is 0 Å². The lowest BCUT2D eigenvalue weighted by Gasteiger charge is -2.07. The third kappa shape index (κ3) is 3.64. The van der Waals surface area contributed by atoms with Crippen molar-refractivity contribution >= 4 is 17.5 Å². The Labute approximate surface area is 195 Å². The molecule has 10 heteroatoms. The van der Waals surface area contributed by atoms with Crippen LogP contribution in [0.4, 0.5) is 0 Å². The Hall–Kier alpha value is -3.40. The van der Waals surface area contributed by atoms with Gasteiger partial charge < -0.3 is 4.57 Å². The second-order valence-electron chi connectivity index (χ2n) is 8.38. The lowest BCUT2D eigenvalue weighted by Crippen LogP contribution is -2.22. The van der Waals surface area contributed by atoms with E-state index in [1.807, 2.05) is 64.2 Å². The van der Waals surface area contributed by atoms with Crippen molar-refractivity contribution in [3.8, 4) is 11.4 Å². The molecule has 0 saturated heterocycles. The molecule has 0 bridgehead atoms. The van der Waals surface area contributed by atoms with Gasteiger partial charge in [0.25, 0.3) is 5.56 Å². The van der Waals surface area contributed by atoms with Crippen molar-refractivity contribution in [3.05, 3.63) is 69.4 Å². The molecule has 0 atom stereocenters. The highest BCUT2D eigenvalue weighted by atomic mass is 32.2. The van der Waals surface area contributed by atoms with Crippen LogP contribution in [0.25, 0.3) is 11.4 Å². The van der Waals surface area contributed by atoms with Crippen LogP contribution in [-0.4, -0.2) is 45.7 Å². The van der Waals surface area contributed by atoms with Gasteiger partial charge in [0.05, 0.1) is 17.1 Å². The van der Waals surface area contributed by atoms with E-state index >= 15 is 0 Å². The smallest absolute Gasteiger partial charge is 0.297 e. The molecule has 170 valence electrons. The third-order valence-electron chi connectivity index (χ3n) is 6.21. The summed E-state index contributed by atoms with van der Waals surface area (Å²) in [6.07, 6.45) is 2.34. The van der Waals surface area contributed by atoms with Crippen LogP contribution in [0.1, 0.15) is 46.3 Å². The number of tetrazole rings is 1. The number of rotatable bonds is 7. The zero-order chi connectivity index (χ0) is 23.3. The molecule has 1 fully saturated rings. The molecule has 0 amide bonds. The highest BCUT2D eigenvalue weighted by Crippen LogP contribution is 2.38. The van der Waals surface area contributed by atoms with Gasteiger partial charge in [0.15, 0.2) is 11.5 Å². The number of nitrogens with zero attached hydrogens (tertiary/aromatic N) is 7. The number of thioether (sulfide) groups is 1. The number of hydrogen-bond donors (Lipinski definition) is 0. The maximum absolute atomic E-state index is 13.3. The third-order valence-corrected chi connectivity index (χ3v) is 7.12. The van der Waals surface area contributed by atoms with Crippen LogP contribution in [-0.2, 0) is 7.05 Å². The number of carbonyl (C=O) groups excluding carboxylic acids is 1. The number of carbonyl (C=O) groups is 1. The normalized spacial score (nSPS) is 13.6. The lowest BCUT2D eigenvalue weighted by atomic mass is 10.2. The Morgan fingerprint density at radius 3 is 2.55 bits per heavy atom. The number of aryl methyl sites for hydroxylation is 1. The van der Waals surface area contributed by atoms with E-state index in [0.29, 0.717) is 16.9 Å². The van der Waals surface area contributed by atoms with Crippen LogP contribution < -0.4 is 5.56 Å². The average Bonchev–Trinajstić information content (AvgIpc) is 3.38. The minimum atomic E-state index is -0.227. The first-order valence-corrected chi connectivity index (χ1v) is 11.8. The van der Waals surface area contributed by atoms with E-state index in [1.54, 1.807) is 9.36 Å². The van der Waals surface area contributed by atoms with Crippen LogP contribution in [0.5, 0.6) is 0 Å². The topological polar surface area (TPSA) is 92.5 Å². The summed E-state index contributed by atoms with van der Waals surface area (Å²) in [6.45, 7) is 5.91. The van der Waals surface area contributed by atoms with Gasteiger partial charge in [-0.3, -0.25) is 14.3 Å². The molecule has 9 nitrogen and oxygen atoms in total. The molecule has 0 unspecified atom stereocenters. The summed E-state index contributed by atoms with van der Waals surface area (Å²) in [5.41, 5.74) is 4.50. The van der Waals surface area contributed by atoms with E-state index in [1.165, 1.54) is 29.3 Å². The fraction of sp³-hybridized carbons (Fsp3) is 0.348.